The Kier molecular flexibility index (Phi) is 7.16. The van der Waals surface area contributed by atoms with Crippen LogP contribution in [-0.4, -0.2) is 27.2 Å². The number of aliphatic hydroxyl groups is 1. The standard InChI is InChI=1S/C26H23F3N2O5/c1-30-23-18(13-17-7-3-2-4-8-17)14-21(16-22(23)24(33)31(25(30)34)11-6-12-32)35-19-9-5-10-20(15-19)36-26(27,28)29/h2-5,7-10,14-16,32H,6,11-13H2,1H3. The summed E-state index contributed by atoms with van der Waals surface area (Å²) >= 11 is 0. The van der Waals surface area contributed by atoms with Gasteiger partial charge in [0.1, 0.15) is 17.2 Å². The van der Waals surface area contributed by atoms with Gasteiger partial charge in [0.2, 0.25) is 0 Å². The minimum absolute atomic E-state index is 0.0356. The second-order valence-corrected chi connectivity index (χ2v) is 8.14. The van der Waals surface area contributed by atoms with Crippen molar-refractivity contribution < 1.29 is 27.8 Å². The van der Waals surface area contributed by atoms with E-state index < -0.39 is 23.4 Å². The Morgan fingerprint density at radius 1 is 0.917 bits per heavy atom. The van der Waals surface area contributed by atoms with Crippen molar-refractivity contribution in [3.8, 4) is 17.2 Å². The van der Waals surface area contributed by atoms with Crippen molar-refractivity contribution in [3.63, 3.8) is 0 Å². The zero-order valence-corrected chi connectivity index (χ0v) is 19.3. The van der Waals surface area contributed by atoms with Crippen molar-refractivity contribution in [2.75, 3.05) is 6.61 Å². The van der Waals surface area contributed by atoms with Crippen LogP contribution in [0.4, 0.5) is 13.2 Å². The maximum atomic E-state index is 13.3. The smallest absolute Gasteiger partial charge is 0.457 e. The van der Waals surface area contributed by atoms with Crippen LogP contribution in [0.5, 0.6) is 17.2 Å². The molecule has 0 radical (unpaired) electrons. The molecule has 0 bridgehead atoms. The van der Waals surface area contributed by atoms with Crippen molar-refractivity contribution in [1.29, 1.82) is 0 Å². The molecule has 3 aromatic carbocycles. The van der Waals surface area contributed by atoms with Gasteiger partial charge >= 0.3 is 12.1 Å². The molecule has 1 N–H and O–H groups in total. The summed E-state index contributed by atoms with van der Waals surface area (Å²) in [6, 6.07) is 17.6. The van der Waals surface area contributed by atoms with Gasteiger partial charge in [0.25, 0.3) is 5.56 Å². The predicted octanol–water partition coefficient (Wildman–Crippen LogP) is 4.36. The van der Waals surface area contributed by atoms with Gasteiger partial charge in [0.05, 0.1) is 10.9 Å². The molecule has 0 unspecified atom stereocenters. The molecule has 0 aliphatic heterocycles. The van der Waals surface area contributed by atoms with Gasteiger partial charge in [-0.2, -0.15) is 0 Å². The fourth-order valence-electron chi connectivity index (χ4n) is 4.04. The largest absolute Gasteiger partial charge is 0.573 e. The average Bonchev–Trinajstić information content (AvgIpc) is 2.82. The molecule has 4 aromatic rings. The van der Waals surface area contributed by atoms with Crippen molar-refractivity contribution in [1.82, 2.24) is 9.13 Å². The van der Waals surface area contributed by atoms with Crippen molar-refractivity contribution in [2.45, 2.75) is 25.7 Å². The molecule has 188 valence electrons. The molecule has 0 spiro atoms. The minimum atomic E-state index is -4.85. The third-order valence-electron chi connectivity index (χ3n) is 5.54. The molecular weight excluding hydrogens is 477 g/mol. The van der Waals surface area contributed by atoms with Gasteiger partial charge in [-0.05, 0) is 48.2 Å². The molecule has 7 nitrogen and oxygen atoms in total. The van der Waals surface area contributed by atoms with E-state index in [9.17, 15) is 27.9 Å². The minimum Gasteiger partial charge on any atom is -0.457 e. The van der Waals surface area contributed by atoms with Crippen LogP contribution >= 0.6 is 0 Å². The number of aromatic nitrogens is 2. The zero-order valence-electron chi connectivity index (χ0n) is 19.3. The van der Waals surface area contributed by atoms with E-state index in [0.29, 0.717) is 17.5 Å². The van der Waals surface area contributed by atoms with Gasteiger partial charge in [-0.15, -0.1) is 13.2 Å². The second kappa shape index (κ2) is 10.3. The number of alkyl halides is 3. The molecule has 0 amide bonds. The molecule has 4 rings (SSSR count). The van der Waals surface area contributed by atoms with Crippen LogP contribution < -0.4 is 20.7 Å². The Bertz CT molecular complexity index is 1490. The molecule has 36 heavy (non-hydrogen) atoms. The molecule has 0 aliphatic rings. The fourth-order valence-corrected chi connectivity index (χ4v) is 4.04. The quantitative estimate of drug-likeness (QED) is 0.389. The fraction of sp³-hybridized carbons (Fsp3) is 0.231. The molecule has 0 atom stereocenters. The SMILES string of the molecule is Cn1c(=O)n(CCCO)c(=O)c2cc(Oc3cccc(OC(F)(F)F)c3)cc(Cc3ccccc3)c21. The molecular formula is C26H23F3N2O5. The monoisotopic (exact) mass is 500 g/mol. The summed E-state index contributed by atoms with van der Waals surface area (Å²) in [5.41, 5.74) is 0.919. The lowest BCUT2D eigenvalue weighted by molar-refractivity contribution is -0.274. The summed E-state index contributed by atoms with van der Waals surface area (Å²) < 4.78 is 50.1. The normalized spacial score (nSPS) is 11.6. The third kappa shape index (κ3) is 5.60. The Morgan fingerprint density at radius 3 is 2.33 bits per heavy atom. The summed E-state index contributed by atoms with van der Waals surface area (Å²) in [6.07, 6.45) is -4.26. The van der Waals surface area contributed by atoms with E-state index >= 15 is 0 Å². The van der Waals surface area contributed by atoms with E-state index in [2.05, 4.69) is 4.74 Å². The maximum absolute atomic E-state index is 13.3. The van der Waals surface area contributed by atoms with Crippen LogP contribution in [0.2, 0.25) is 0 Å². The molecule has 0 aliphatic carbocycles. The lowest BCUT2D eigenvalue weighted by atomic mass is 10.0. The number of ether oxygens (including phenoxy) is 2. The number of fused-ring (bicyclic) bond motifs is 1. The molecule has 1 heterocycles. The van der Waals surface area contributed by atoms with Gasteiger partial charge in [0, 0.05) is 26.3 Å². The van der Waals surface area contributed by atoms with E-state index in [1.54, 1.807) is 13.1 Å². The average molecular weight is 500 g/mol. The second-order valence-electron chi connectivity index (χ2n) is 8.14. The topological polar surface area (TPSA) is 82.7 Å². The van der Waals surface area contributed by atoms with Crippen LogP contribution in [0.1, 0.15) is 17.5 Å². The third-order valence-corrected chi connectivity index (χ3v) is 5.54. The summed E-state index contributed by atoms with van der Waals surface area (Å²) in [4.78, 5) is 26.2. The molecule has 1 aromatic heterocycles. The molecule has 0 saturated heterocycles. The number of hydrogen-bond acceptors (Lipinski definition) is 5. The summed E-state index contributed by atoms with van der Waals surface area (Å²) in [5, 5.41) is 9.39. The van der Waals surface area contributed by atoms with Crippen LogP contribution in [0.3, 0.4) is 0 Å². The lowest BCUT2D eigenvalue weighted by Gasteiger charge is -2.16. The highest BCUT2D eigenvalue weighted by molar-refractivity contribution is 5.83. The number of aryl methyl sites for hydroxylation is 1. The van der Waals surface area contributed by atoms with Crippen molar-refractivity contribution >= 4 is 10.9 Å². The Hall–Kier alpha value is -4.05. The highest BCUT2D eigenvalue weighted by Crippen LogP contribution is 2.31. The number of halogens is 3. The van der Waals surface area contributed by atoms with E-state index in [-0.39, 0.29) is 36.5 Å². The highest BCUT2D eigenvalue weighted by atomic mass is 19.4. The zero-order chi connectivity index (χ0) is 25.9. The van der Waals surface area contributed by atoms with Crippen LogP contribution in [0.15, 0.2) is 76.3 Å². The van der Waals surface area contributed by atoms with Gasteiger partial charge in [-0.25, -0.2) is 4.79 Å². The lowest BCUT2D eigenvalue weighted by Crippen LogP contribution is -2.39. The predicted molar refractivity (Wildman–Crippen MR) is 128 cm³/mol. The van der Waals surface area contributed by atoms with Gasteiger partial charge in [-0.3, -0.25) is 13.9 Å². The summed E-state index contributed by atoms with van der Waals surface area (Å²) in [7, 11) is 1.56. The Balaban J connectivity index is 1.85. The summed E-state index contributed by atoms with van der Waals surface area (Å²) in [5.74, 6) is -0.159. The number of nitrogens with zero attached hydrogens (tertiary/aromatic N) is 2. The number of benzene rings is 3. The van der Waals surface area contributed by atoms with Crippen LogP contribution in [-0.2, 0) is 20.0 Å². The van der Waals surface area contributed by atoms with Crippen molar-refractivity contribution in [2.24, 2.45) is 7.05 Å². The Labute approximate surface area is 203 Å². The number of rotatable bonds is 8. The van der Waals surface area contributed by atoms with Gasteiger partial charge in [0.15, 0.2) is 0 Å². The summed E-state index contributed by atoms with van der Waals surface area (Å²) in [6.45, 7) is -0.153. The first kappa shape index (κ1) is 25.1. The highest BCUT2D eigenvalue weighted by Gasteiger charge is 2.31. The van der Waals surface area contributed by atoms with E-state index in [4.69, 9.17) is 4.74 Å². The first-order chi connectivity index (χ1) is 17.2. The van der Waals surface area contributed by atoms with Gasteiger partial charge in [-0.1, -0.05) is 36.4 Å². The van der Waals surface area contributed by atoms with Crippen LogP contribution in [0, 0.1) is 0 Å². The molecule has 0 fully saturated rings. The Morgan fingerprint density at radius 2 is 1.64 bits per heavy atom. The van der Waals surface area contributed by atoms with E-state index in [1.807, 2.05) is 30.3 Å². The van der Waals surface area contributed by atoms with E-state index in [1.165, 1.54) is 22.8 Å². The molecule has 10 heteroatoms. The number of aliphatic hydroxyl groups excluding tert-OH is 1. The van der Waals surface area contributed by atoms with Crippen molar-refractivity contribution in [3.05, 3.63) is 98.7 Å². The first-order valence-corrected chi connectivity index (χ1v) is 11.1. The van der Waals surface area contributed by atoms with Crippen LogP contribution in [0.25, 0.3) is 10.9 Å². The maximum Gasteiger partial charge on any atom is 0.573 e. The number of hydrogen-bond donors (Lipinski definition) is 1. The van der Waals surface area contributed by atoms with E-state index in [0.717, 1.165) is 22.3 Å². The van der Waals surface area contributed by atoms with Gasteiger partial charge < -0.3 is 14.6 Å². The first-order valence-electron chi connectivity index (χ1n) is 11.1. The molecule has 0 saturated carbocycles.